The summed E-state index contributed by atoms with van der Waals surface area (Å²) in [5, 5.41) is 0. The van der Waals surface area contributed by atoms with E-state index in [1.165, 1.54) is 0 Å². The summed E-state index contributed by atoms with van der Waals surface area (Å²) < 4.78 is 10.9. The molecule has 130 valence electrons. The minimum Gasteiger partial charge on any atom is -0.491 e. The first-order valence-electron chi connectivity index (χ1n) is 8.48. The normalized spacial score (nSPS) is 21.5. The van der Waals surface area contributed by atoms with Crippen molar-refractivity contribution in [3.8, 4) is 5.75 Å². The van der Waals surface area contributed by atoms with Gasteiger partial charge >= 0.3 is 0 Å². The summed E-state index contributed by atoms with van der Waals surface area (Å²) in [6.07, 6.45) is 0.389. The Morgan fingerprint density at radius 1 is 1.21 bits per heavy atom. The van der Waals surface area contributed by atoms with Crippen LogP contribution in [-0.4, -0.2) is 55.7 Å². The minimum absolute atomic E-state index is 0.000799. The Labute approximate surface area is 142 Å². The number of hydrogen-bond acceptors (Lipinski definition) is 4. The summed E-state index contributed by atoms with van der Waals surface area (Å²) in [5.74, 6) is 0.580. The van der Waals surface area contributed by atoms with Crippen LogP contribution in [0.15, 0.2) is 24.3 Å². The molecule has 2 fully saturated rings. The van der Waals surface area contributed by atoms with E-state index in [4.69, 9.17) is 9.47 Å². The second-order valence-electron chi connectivity index (χ2n) is 6.50. The van der Waals surface area contributed by atoms with Crippen molar-refractivity contribution < 1.29 is 19.1 Å². The first-order chi connectivity index (χ1) is 11.5. The van der Waals surface area contributed by atoms with Crippen LogP contribution in [0.2, 0.25) is 0 Å². The lowest BCUT2D eigenvalue weighted by molar-refractivity contribution is -0.139. The van der Waals surface area contributed by atoms with Crippen LogP contribution in [0.5, 0.6) is 5.75 Å². The van der Waals surface area contributed by atoms with Crippen molar-refractivity contribution in [2.24, 2.45) is 5.92 Å². The van der Waals surface area contributed by atoms with Crippen LogP contribution in [0.25, 0.3) is 0 Å². The average Bonchev–Trinajstić information content (AvgIpc) is 2.97. The van der Waals surface area contributed by atoms with E-state index in [1.54, 1.807) is 4.90 Å². The Hall–Kier alpha value is -2.08. The molecule has 0 aromatic heterocycles. The summed E-state index contributed by atoms with van der Waals surface area (Å²) in [6.45, 7) is 6.77. The van der Waals surface area contributed by atoms with Gasteiger partial charge < -0.3 is 19.3 Å². The molecule has 3 rings (SSSR count). The molecule has 2 saturated heterocycles. The third kappa shape index (κ3) is 3.70. The molecule has 0 spiro atoms. The van der Waals surface area contributed by atoms with Crippen LogP contribution in [-0.2, 0) is 14.3 Å². The zero-order valence-corrected chi connectivity index (χ0v) is 14.2. The van der Waals surface area contributed by atoms with Crippen molar-refractivity contribution in [1.29, 1.82) is 0 Å². The van der Waals surface area contributed by atoms with Crippen molar-refractivity contribution in [3.05, 3.63) is 24.3 Å². The number of amides is 2. The molecule has 0 radical (unpaired) electrons. The molecule has 2 heterocycles. The molecule has 1 unspecified atom stereocenters. The predicted octanol–water partition coefficient (Wildman–Crippen LogP) is 1.69. The van der Waals surface area contributed by atoms with E-state index in [2.05, 4.69) is 0 Å². The molecule has 0 saturated carbocycles. The number of carbonyl (C=O) groups is 2. The van der Waals surface area contributed by atoms with Gasteiger partial charge in [-0.2, -0.15) is 0 Å². The summed E-state index contributed by atoms with van der Waals surface area (Å²) in [5.41, 5.74) is 0.813. The molecule has 6 nitrogen and oxygen atoms in total. The van der Waals surface area contributed by atoms with Gasteiger partial charge in [0.2, 0.25) is 11.8 Å². The Morgan fingerprint density at radius 3 is 2.50 bits per heavy atom. The van der Waals surface area contributed by atoms with E-state index in [9.17, 15) is 9.59 Å². The first kappa shape index (κ1) is 16.8. The lowest BCUT2D eigenvalue weighted by Gasteiger charge is -2.29. The zero-order valence-electron chi connectivity index (χ0n) is 14.2. The van der Waals surface area contributed by atoms with Crippen LogP contribution >= 0.6 is 0 Å². The van der Waals surface area contributed by atoms with Crippen LogP contribution < -0.4 is 9.64 Å². The molecular formula is C18H24N2O4. The van der Waals surface area contributed by atoms with Crippen LogP contribution in [0.4, 0.5) is 5.69 Å². The Bertz CT molecular complexity index is 594. The largest absolute Gasteiger partial charge is 0.491 e. The number of benzene rings is 1. The third-order valence-corrected chi connectivity index (χ3v) is 4.32. The number of hydrogen-bond donors (Lipinski definition) is 0. The van der Waals surface area contributed by atoms with E-state index in [-0.39, 0.29) is 30.3 Å². The number of rotatable bonds is 4. The summed E-state index contributed by atoms with van der Waals surface area (Å²) in [6, 6.07) is 7.47. The molecular weight excluding hydrogens is 308 g/mol. The minimum atomic E-state index is -0.262. The van der Waals surface area contributed by atoms with Gasteiger partial charge in [0.25, 0.3) is 0 Å². The molecule has 6 heteroatoms. The highest BCUT2D eigenvalue weighted by atomic mass is 16.5. The van der Waals surface area contributed by atoms with Gasteiger partial charge in [-0.1, -0.05) is 0 Å². The van der Waals surface area contributed by atoms with Crippen molar-refractivity contribution in [3.63, 3.8) is 0 Å². The SMILES string of the molecule is CC(C)Oc1ccc(N2CC(C(=O)N3CCOCC3)CC2=O)cc1. The van der Waals surface area contributed by atoms with Gasteiger partial charge in [-0.25, -0.2) is 0 Å². The fourth-order valence-electron chi connectivity index (χ4n) is 3.14. The number of anilines is 1. The van der Waals surface area contributed by atoms with E-state index >= 15 is 0 Å². The van der Waals surface area contributed by atoms with Crippen molar-refractivity contribution in [1.82, 2.24) is 4.90 Å². The summed E-state index contributed by atoms with van der Waals surface area (Å²) in [4.78, 5) is 28.4. The topological polar surface area (TPSA) is 59.1 Å². The second kappa shape index (κ2) is 7.21. The maximum absolute atomic E-state index is 12.6. The van der Waals surface area contributed by atoms with E-state index in [0.29, 0.717) is 32.8 Å². The number of nitrogens with zero attached hydrogens (tertiary/aromatic N) is 2. The van der Waals surface area contributed by atoms with E-state index in [1.807, 2.05) is 43.0 Å². The predicted molar refractivity (Wildman–Crippen MR) is 90.1 cm³/mol. The molecule has 0 N–H and O–H groups in total. The number of morpholine rings is 1. The highest BCUT2D eigenvalue weighted by molar-refractivity contribution is 6.00. The molecule has 1 atom stereocenters. The third-order valence-electron chi connectivity index (χ3n) is 4.32. The molecule has 2 aliphatic heterocycles. The highest BCUT2D eigenvalue weighted by Crippen LogP contribution is 2.28. The first-order valence-corrected chi connectivity index (χ1v) is 8.48. The van der Waals surface area contributed by atoms with Crippen LogP contribution in [0, 0.1) is 5.92 Å². The van der Waals surface area contributed by atoms with Crippen LogP contribution in [0.3, 0.4) is 0 Å². The molecule has 2 amide bonds. The van der Waals surface area contributed by atoms with Gasteiger partial charge in [0.15, 0.2) is 0 Å². The van der Waals surface area contributed by atoms with Gasteiger partial charge in [-0.15, -0.1) is 0 Å². The molecule has 0 aliphatic carbocycles. The molecule has 24 heavy (non-hydrogen) atoms. The smallest absolute Gasteiger partial charge is 0.228 e. The number of carbonyl (C=O) groups excluding carboxylic acids is 2. The summed E-state index contributed by atoms with van der Waals surface area (Å²) in [7, 11) is 0. The maximum Gasteiger partial charge on any atom is 0.228 e. The van der Waals surface area contributed by atoms with Gasteiger partial charge in [-0.3, -0.25) is 9.59 Å². The van der Waals surface area contributed by atoms with Crippen molar-refractivity contribution >= 4 is 17.5 Å². The van der Waals surface area contributed by atoms with Crippen molar-refractivity contribution in [2.45, 2.75) is 26.4 Å². The Balaban J connectivity index is 1.65. The Kier molecular flexibility index (Phi) is 5.04. The van der Waals surface area contributed by atoms with E-state index < -0.39 is 0 Å². The van der Waals surface area contributed by atoms with Crippen molar-refractivity contribution in [2.75, 3.05) is 37.7 Å². The second-order valence-corrected chi connectivity index (χ2v) is 6.50. The fraction of sp³-hybridized carbons (Fsp3) is 0.556. The lowest BCUT2D eigenvalue weighted by atomic mass is 10.1. The average molecular weight is 332 g/mol. The van der Waals surface area contributed by atoms with Gasteiger partial charge in [-0.05, 0) is 38.1 Å². The van der Waals surface area contributed by atoms with Gasteiger partial charge in [0.1, 0.15) is 5.75 Å². The molecule has 0 bridgehead atoms. The fourth-order valence-corrected chi connectivity index (χ4v) is 3.14. The summed E-state index contributed by atoms with van der Waals surface area (Å²) >= 11 is 0. The van der Waals surface area contributed by atoms with Crippen LogP contribution in [0.1, 0.15) is 20.3 Å². The van der Waals surface area contributed by atoms with Gasteiger partial charge in [0, 0.05) is 31.7 Å². The molecule has 1 aromatic carbocycles. The van der Waals surface area contributed by atoms with Gasteiger partial charge in [0.05, 0.1) is 25.2 Å². The van der Waals surface area contributed by atoms with E-state index in [0.717, 1.165) is 11.4 Å². The monoisotopic (exact) mass is 332 g/mol. The molecule has 2 aliphatic rings. The number of ether oxygens (including phenoxy) is 2. The maximum atomic E-state index is 12.6. The highest BCUT2D eigenvalue weighted by Gasteiger charge is 2.37. The standard InChI is InChI=1S/C18H24N2O4/c1-13(2)24-16-5-3-15(4-6-16)20-12-14(11-17(20)21)18(22)19-7-9-23-10-8-19/h3-6,13-14H,7-12H2,1-2H3. The Morgan fingerprint density at radius 2 is 1.88 bits per heavy atom. The quantitative estimate of drug-likeness (QED) is 0.842. The molecule has 1 aromatic rings. The zero-order chi connectivity index (χ0) is 17.1. The lowest BCUT2D eigenvalue weighted by Crippen LogP contribution is -2.44.